The second-order valence-electron chi connectivity index (χ2n) is 3.44. The van der Waals surface area contributed by atoms with Crippen molar-refractivity contribution in [2.45, 2.75) is 0 Å². The molecule has 1 aromatic heterocycles. The van der Waals surface area contributed by atoms with Crippen LogP contribution in [0.3, 0.4) is 0 Å². The van der Waals surface area contributed by atoms with Crippen LogP contribution in [0.15, 0.2) is 41.0 Å². The zero-order valence-electron chi connectivity index (χ0n) is 9.18. The van der Waals surface area contributed by atoms with Crippen LogP contribution < -0.4 is 5.32 Å². The van der Waals surface area contributed by atoms with Crippen LogP contribution in [0.2, 0.25) is 0 Å². The van der Waals surface area contributed by atoms with E-state index in [0.717, 1.165) is 4.47 Å². The lowest BCUT2D eigenvalue weighted by Crippen LogP contribution is -1.98. The van der Waals surface area contributed by atoms with Crippen molar-refractivity contribution in [2.24, 2.45) is 0 Å². The van der Waals surface area contributed by atoms with Crippen molar-refractivity contribution in [3.63, 3.8) is 0 Å². The van der Waals surface area contributed by atoms with Gasteiger partial charge in [-0.2, -0.15) is 10.5 Å². The van der Waals surface area contributed by atoms with Crippen LogP contribution in [0.4, 0.5) is 11.5 Å². The summed E-state index contributed by atoms with van der Waals surface area (Å²) >= 11 is 3.34. The molecule has 0 radical (unpaired) electrons. The molecular weight excluding hydrogens is 292 g/mol. The Kier molecular flexibility index (Phi) is 3.57. The lowest BCUT2D eigenvalue weighted by Gasteiger charge is -2.08. The van der Waals surface area contributed by atoms with Crippen LogP contribution in [0.1, 0.15) is 11.1 Å². The molecule has 0 bridgehead atoms. The maximum atomic E-state index is 9.02. The minimum atomic E-state index is 0.432. The normalized spacial score (nSPS) is 9.28. The number of hydrogen-bond donors (Lipinski definition) is 1. The lowest BCUT2D eigenvalue weighted by molar-refractivity contribution is 1.28. The molecule has 0 unspecified atom stereocenters. The lowest BCUT2D eigenvalue weighted by atomic mass is 10.2. The first kappa shape index (κ1) is 12.1. The van der Waals surface area contributed by atoms with Gasteiger partial charge in [0.15, 0.2) is 0 Å². The average molecular weight is 299 g/mol. The predicted octanol–water partition coefficient (Wildman–Crippen LogP) is 3.33. The largest absolute Gasteiger partial charge is 0.338 e. The van der Waals surface area contributed by atoms with E-state index < -0.39 is 0 Å². The van der Waals surface area contributed by atoms with Gasteiger partial charge in [-0.05, 0) is 30.3 Å². The van der Waals surface area contributed by atoms with Crippen LogP contribution in [0, 0.1) is 22.7 Å². The standard InChI is InChI=1S/C13H7BrN4/c14-11-4-3-9(7-15)12(6-11)18-13-10(8-16)2-1-5-17-13/h1-6H,(H,17,18). The van der Waals surface area contributed by atoms with Crippen molar-refractivity contribution in [3.8, 4) is 12.1 Å². The van der Waals surface area contributed by atoms with Gasteiger partial charge in [0.25, 0.3) is 0 Å². The number of aromatic nitrogens is 1. The van der Waals surface area contributed by atoms with Crippen LogP contribution in [0.25, 0.3) is 0 Å². The Balaban J connectivity index is 2.44. The zero-order valence-corrected chi connectivity index (χ0v) is 10.8. The highest BCUT2D eigenvalue weighted by atomic mass is 79.9. The molecule has 0 aliphatic heterocycles. The summed E-state index contributed by atoms with van der Waals surface area (Å²) < 4.78 is 0.846. The molecule has 1 aromatic carbocycles. The van der Waals surface area contributed by atoms with Gasteiger partial charge < -0.3 is 5.32 Å². The van der Waals surface area contributed by atoms with E-state index in [4.69, 9.17) is 10.5 Å². The molecule has 0 saturated carbocycles. The summed E-state index contributed by atoms with van der Waals surface area (Å²) in [6.45, 7) is 0. The van der Waals surface area contributed by atoms with E-state index >= 15 is 0 Å². The molecule has 1 N–H and O–H groups in total. The maximum Gasteiger partial charge on any atom is 0.148 e. The zero-order chi connectivity index (χ0) is 13.0. The highest BCUT2D eigenvalue weighted by molar-refractivity contribution is 9.10. The summed E-state index contributed by atoms with van der Waals surface area (Å²) in [6, 6.07) is 12.7. The summed E-state index contributed by atoms with van der Waals surface area (Å²) in [5.74, 6) is 0.439. The third-order valence-electron chi connectivity index (χ3n) is 2.28. The SMILES string of the molecule is N#Cc1ccc(Br)cc1Nc1ncccc1C#N. The minimum absolute atomic E-state index is 0.432. The number of anilines is 2. The van der Waals surface area contributed by atoms with Crippen LogP contribution in [0.5, 0.6) is 0 Å². The first-order valence-electron chi connectivity index (χ1n) is 5.06. The van der Waals surface area contributed by atoms with Crippen molar-refractivity contribution in [2.75, 3.05) is 5.32 Å². The topological polar surface area (TPSA) is 72.5 Å². The summed E-state index contributed by atoms with van der Waals surface area (Å²) in [5, 5.41) is 21.0. The number of benzene rings is 1. The van der Waals surface area contributed by atoms with Gasteiger partial charge in [-0.15, -0.1) is 0 Å². The van der Waals surface area contributed by atoms with Gasteiger partial charge in [0.2, 0.25) is 0 Å². The van der Waals surface area contributed by atoms with E-state index in [-0.39, 0.29) is 0 Å². The number of nitriles is 2. The second-order valence-corrected chi connectivity index (χ2v) is 4.35. The average Bonchev–Trinajstić information content (AvgIpc) is 2.40. The van der Waals surface area contributed by atoms with Gasteiger partial charge >= 0.3 is 0 Å². The van der Waals surface area contributed by atoms with Crippen molar-refractivity contribution in [1.82, 2.24) is 4.98 Å². The molecule has 1 heterocycles. The van der Waals surface area contributed by atoms with E-state index in [9.17, 15) is 0 Å². The first-order chi connectivity index (χ1) is 8.74. The molecule has 2 aromatic rings. The molecule has 0 saturated heterocycles. The van der Waals surface area contributed by atoms with Crippen molar-refractivity contribution in [1.29, 1.82) is 10.5 Å². The fourth-order valence-electron chi connectivity index (χ4n) is 1.44. The van der Waals surface area contributed by atoms with Gasteiger partial charge in [-0.3, -0.25) is 0 Å². The van der Waals surface area contributed by atoms with Crippen LogP contribution in [-0.2, 0) is 0 Å². The van der Waals surface area contributed by atoms with Gasteiger partial charge in [0.1, 0.15) is 18.0 Å². The third-order valence-corrected chi connectivity index (χ3v) is 2.78. The number of halogens is 1. The predicted molar refractivity (Wildman–Crippen MR) is 71.1 cm³/mol. The molecule has 4 nitrogen and oxygen atoms in total. The molecule has 0 fully saturated rings. The highest BCUT2D eigenvalue weighted by Crippen LogP contribution is 2.24. The molecule has 0 aliphatic rings. The summed E-state index contributed by atoms with van der Waals surface area (Å²) in [5.41, 5.74) is 1.54. The Morgan fingerprint density at radius 2 is 1.89 bits per heavy atom. The van der Waals surface area contributed by atoms with Gasteiger partial charge in [-0.1, -0.05) is 15.9 Å². The van der Waals surface area contributed by atoms with E-state index in [2.05, 4.69) is 32.3 Å². The second kappa shape index (κ2) is 5.31. The molecule has 18 heavy (non-hydrogen) atoms. The molecule has 5 heteroatoms. The Morgan fingerprint density at radius 3 is 2.61 bits per heavy atom. The minimum Gasteiger partial charge on any atom is -0.338 e. The van der Waals surface area contributed by atoms with Crippen molar-refractivity contribution in [3.05, 3.63) is 52.1 Å². The molecular formula is C13H7BrN4. The molecule has 0 atom stereocenters. The molecule has 0 aliphatic carbocycles. The number of nitrogens with zero attached hydrogens (tertiary/aromatic N) is 3. The first-order valence-corrected chi connectivity index (χ1v) is 5.85. The van der Waals surface area contributed by atoms with E-state index in [0.29, 0.717) is 22.6 Å². The fourth-order valence-corrected chi connectivity index (χ4v) is 1.80. The quantitative estimate of drug-likeness (QED) is 0.923. The summed E-state index contributed by atoms with van der Waals surface area (Å²) in [6.07, 6.45) is 1.59. The van der Waals surface area contributed by atoms with Crippen LogP contribution >= 0.6 is 15.9 Å². The van der Waals surface area contributed by atoms with Gasteiger partial charge in [-0.25, -0.2) is 4.98 Å². The Hall–Kier alpha value is -2.37. The van der Waals surface area contributed by atoms with Crippen molar-refractivity contribution < 1.29 is 0 Å². The Bertz CT molecular complexity index is 667. The number of nitrogens with one attached hydrogen (secondary N) is 1. The van der Waals surface area contributed by atoms with Crippen molar-refractivity contribution >= 4 is 27.4 Å². The van der Waals surface area contributed by atoms with Gasteiger partial charge in [0.05, 0.1) is 16.8 Å². The molecule has 0 amide bonds. The number of rotatable bonds is 2. The van der Waals surface area contributed by atoms with Gasteiger partial charge in [0, 0.05) is 10.7 Å². The monoisotopic (exact) mass is 298 g/mol. The smallest absolute Gasteiger partial charge is 0.148 e. The Morgan fingerprint density at radius 1 is 1.11 bits per heavy atom. The third kappa shape index (κ3) is 2.48. The molecule has 0 spiro atoms. The summed E-state index contributed by atoms with van der Waals surface area (Å²) in [7, 11) is 0. The number of pyridine rings is 1. The van der Waals surface area contributed by atoms with Crippen LogP contribution in [-0.4, -0.2) is 4.98 Å². The number of hydrogen-bond acceptors (Lipinski definition) is 4. The summed E-state index contributed by atoms with van der Waals surface area (Å²) in [4.78, 5) is 4.09. The molecule has 86 valence electrons. The van der Waals surface area contributed by atoms with E-state index in [1.54, 1.807) is 36.5 Å². The maximum absolute atomic E-state index is 9.02. The van der Waals surface area contributed by atoms with E-state index in [1.807, 2.05) is 6.07 Å². The Labute approximate surface area is 113 Å². The molecule has 2 rings (SSSR count). The fraction of sp³-hybridized carbons (Fsp3) is 0. The van der Waals surface area contributed by atoms with E-state index in [1.165, 1.54) is 0 Å². The highest BCUT2D eigenvalue weighted by Gasteiger charge is 2.07.